The van der Waals surface area contributed by atoms with E-state index < -0.39 is 9.84 Å². The number of hydrogen-bond donors (Lipinski definition) is 0. The first-order valence-corrected chi connectivity index (χ1v) is 6.66. The van der Waals surface area contributed by atoms with Gasteiger partial charge in [0.2, 0.25) is 0 Å². The lowest BCUT2D eigenvalue weighted by atomic mass is 10.1. The maximum absolute atomic E-state index is 11.8. The molecule has 16 heavy (non-hydrogen) atoms. The van der Waals surface area contributed by atoms with Gasteiger partial charge in [-0.05, 0) is 24.6 Å². The second kappa shape index (κ2) is 5.07. The molecule has 0 bridgehead atoms. The lowest BCUT2D eigenvalue weighted by molar-refractivity contribution is 0.104. The van der Waals surface area contributed by atoms with E-state index in [1.807, 2.05) is 0 Å². The number of benzene rings is 1. The van der Waals surface area contributed by atoms with E-state index in [2.05, 4.69) is 6.58 Å². The first-order valence-electron chi connectivity index (χ1n) is 5.01. The highest BCUT2D eigenvalue weighted by molar-refractivity contribution is 7.91. The Morgan fingerprint density at radius 2 is 2.12 bits per heavy atom. The Labute approximate surface area is 95.7 Å². The van der Waals surface area contributed by atoms with Gasteiger partial charge in [0.15, 0.2) is 15.6 Å². The Hall–Kier alpha value is -1.42. The summed E-state index contributed by atoms with van der Waals surface area (Å²) in [5, 5.41) is 0. The van der Waals surface area contributed by atoms with Crippen LogP contribution in [0.15, 0.2) is 41.8 Å². The minimum Gasteiger partial charge on any atom is -0.289 e. The predicted molar refractivity (Wildman–Crippen MR) is 63.3 cm³/mol. The normalized spacial score (nSPS) is 11.1. The van der Waals surface area contributed by atoms with Crippen molar-refractivity contribution in [2.24, 2.45) is 0 Å². The second-order valence-electron chi connectivity index (χ2n) is 3.42. The van der Waals surface area contributed by atoms with Gasteiger partial charge in [0.25, 0.3) is 0 Å². The third-order valence-electron chi connectivity index (χ3n) is 2.14. The molecule has 0 amide bonds. The molecular formula is C12H14O3S. The van der Waals surface area contributed by atoms with Gasteiger partial charge in [0, 0.05) is 5.56 Å². The summed E-state index contributed by atoms with van der Waals surface area (Å²) in [6.45, 7) is 5.17. The van der Waals surface area contributed by atoms with E-state index in [9.17, 15) is 13.2 Å². The molecule has 0 aliphatic rings. The molecule has 1 aromatic rings. The average Bonchev–Trinajstić information content (AvgIpc) is 2.28. The van der Waals surface area contributed by atoms with Crippen molar-refractivity contribution in [3.8, 4) is 0 Å². The molecule has 1 rings (SSSR count). The van der Waals surface area contributed by atoms with E-state index in [1.165, 1.54) is 18.2 Å². The Morgan fingerprint density at radius 3 is 2.69 bits per heavy atom. The van der Waals surface area contributed by atoms with Gasteiger partial charge in [-0.2, -0.15) is 0 Å². The van der Waals surface area contributed by atoms with Gasteiger partial charge in [-0.3, -0.25) is 4.79 Å². The molecule has 86 valence electrons. The Kier molecular flexibility index (Phi) is 4.01. The third-order valence-corrected chi connectivity index (χ3v) is 4.05. The summed E-state index contributed by atoms with van der Waals surface area (Å²) in [5.41, 5.74) is 0.354. The number of allylic oxidation sites excluding steroid dienone is 1. The molecule has 1 aromatic carbocycles. The van der Waals surface area contributed by atoms with Gasteiger partial charge >= 0.3 is 0 Å². The van der Waals surface area contributed by atoms with Crippen LogP contribution in [0.1, 0.15) is 23.7 Å². The zero-order valence-corrected chi connectivity index (χ0v) is 9.96. The standard InChI is InChI=1S/C12H14O3S/c1-3-8-16(14,15)11-7-5-6-10(9-11)12(13)4-2/h4-7,9H,2-3,8H2,1H3. The van der Waals surface area contributed by atoms with E-state index in [1.54, 1.807) is 19.1 Å². The van der Waals surface area contributed by atoms with Gasteiger partial charge in [0.05, 0.1) is 10.6 Å². The van der Waals surface area contributed by atoms with Crippen LogP contribution in [0.4, 0.5) is 0 Å². The van der Waals surface area contributed by atoms with Crippen molar-refractivity contribution in [2.75, 3.05) is 5.75 Å². The SMILES string of the molecule is C=CC(=O)c1cccc(S(=O)(=O)CCC)c1. The van der Waals surface area contributed by atoms with Crippen molar-refractivity contribution in [2.45, 2.75) is 18.2 Å². The number of carbonyl (C=O) groups is 1. The van der Waals surface area contributed by atoms with Crippen LogP contribution in [-0.2, 0) is 9.84 Å². The zero-order chi connectivity index (χ0) is 12.2. The summed E-state index contributed by atoms with van der Waals surface area (Å²) in [6, 6.07) is 6.05. The predicted octanol–water partition coefficient (Wildman–Crippen LogP) is 2.24. The molecule has 0 fully saturated rings. The fourth-order valence-corrected chi connectivity index (χ4v) is 2.71. The molecule has 0 saturated heterocycles. The molecule has 0 unspecified atom stereocenters. The van der Waals surface area contributed by atoms with E-state index in [-0.39, 0.29) is 16.4 Å². The van der Waals surface area contributed by atoms with Gasteiger partial charge in [-0.15, -0.1) is 0 Å². The maximum atomic E-state index is 11.8. The molecule has 0 saturated carbocycles. The van der Waals surface area contributed by atoms with Crippen molar-refractivity contribution >= 4 is 15.6 Å². The summed E-state index contributed by atoms with van der Waals surface area (Å²) in [7, 11) is -3.26. The van der Waals surface area contributed by atoms with E-state index in [0.29, 0.717) is 12.0 Å². The molecule has 0 aromatic heterocycles. The highest BCUT2D eigenvalue weighted by Gasteiger charge is 2.14. The highest BCUT2D eigenvalue weighted by atomic mass is 32.2. The molecule has 0 atom stereocenters. The van der Waals surface area contributed by atoms with Crippen LogP contribution in [0.25, 0.3) is 0 Å². The molecule has 3 nitrogen and oxygen atoms in total. The van der Waals surface area contributed by atoms with Gasteiger partial charge < -0.3 is 0 Å². The van der Waals surface area contributed by atoms with Gasteiger partial charge in [-0.1, -0.05) is 25.6 Å². The van der Waals surface area contributed by atoms with Gasteiger partial charge in [-0.25, -0.2) is 8.42 Å². The van der Waals surface area contributed by atoms with Crippen LogP contribution >= 0.6 is 0 Å². The molecule has 0 radical (unpaired) electrons. The second-order valence-corrected chi connectivity index (χ2v) is 5.52. The van der Waals surface area contributed by atoms with Crippen molar-refractivity contribution < 1.29 is 13.2 Å². The first kappa shape index (κ1) is 12.6. The van der Waals surface area contributed by atoms with Crippen LogP contribution < -0.4 is 0 Å². The minimum absolute atomic E-state index is 0.0960. The number of hydrogen-bond acceptors (Lipinski definition) is 3. The number of carbonyl (C=O) groups excluding carboxylic acids is 1. The Balaban J connectivity index is 3.18. The van der Waals surface area contributed by atoms with Gasteiger partial charge in [0.1, 0.15) is 0 Å². The molecular weight excluding hydrogens is 224 g/mol. The quantitative estimate of drug-likeness (QED) is 0.584. The third kappa shape index (κ3) is 2.79. The first-order chi connectivity index (χ1) is 7.51. The van der Waals surface area contributed by atoms with Crippen LogP contribution in [0.5, 0.6) is 0 Å². The zero-order valence-electron chi connectivity index (χ0n) is 9.14. The number of ketones is 1. The molecule has 4 heteroatoms. The lowest BCUT2D eigenvalue weighted by Crippen LogP contribution is -2.07. The maximum Gasteiger partial charge on any atom is 0.185 e. The topological polar surface area (TPSA) is 51.2 Å². The monoisotopic (exact) mass is 238 g/mol. The molecule has 0 N–H and O–H groups in total. The molecule has 0 spiro atoms. The van der Waals surface area contributed by atoms with Crippen LogP contribution in [0.2, 0.25) is 0 Å². The van der Waals surface area contributed by atoms with E-state index >= 15 is 0 Å². The largest absolute Gasteiger partial charge is 0.289 e. The number of sulfone groups is 1. The van der Waals surface area contributed by atoms with Crippen molar-refractivity contribution in [1.82, 2.24) is 0 Å². The van der Waals surface area contributed by atoms with Crippen LogP contribution in [0.3, 0.4) is 0 Å². The Morgan fingerprint density at radius 1 is 1.44 bits per heavy atom. The minimum atomic E-state index is -3.26. The summed E-state index contributed by atoms with van der Waals surface area (Å²) in [5.74, 6) is -0.174. The summed E-state index contributed by atoms with van der Waals surface area (Å²) in [6.07, 6.45) is 1.73. The fourth-order valence-electron chi connectivity index (χ4n) is 1.35. The molecule has 0 heterocycles. The van der Waals surface area contributed by atoms with Crippen LogP contribution in [0, 0.1) is 0 Å². The fraction of sp³-hybridized carbons (Fsp3) is 0.250. The van der Waals surface area contributed by atoms with Crippen LogP contribution in [-0.4, -0.2) is 20.0 Å². The molecule has 0 aliphatic heterocycles. The number of rotatable bonds is 5. The van der Waals surface area contributed by atoms with Crippen molar-refractivity contribution in [3.05, 3.63) is 42.5 Å². The smallest absolute Gasteiger partial charge is 0.185 e. The van der Waals surface area contributed by atoms with E-state index in [4.69, 9.17) is 0 Å². The summed E-state index contributed by atoms with van der Waals surface area (Å²) < 4.78 is 23.5. The highest BCUT2D eigenvalue weighted by Crippen LogP contribution is 2.14. The summed E-state index contributed by atoms with van der Waals surface area (Å²) >= 11 is 0. The average molecular weight is 238 g/mol. The Bertz CT molecular complexity index is 501. The molecule has 0 aliphatic carbocycles. The van der Waals surface area contributed by atoms with Crippen molar-refractivity contribution in [1.29, 1.82) is 0 Å². The van der Waals surface area contributed by atoms with E-state index in [0.717, 1.165) is 0 Å². The summed E-state index contributed by atoms with van der Waals surface area (Å²) in [4.78, 5) is 11.5. The lowest BCUT2D eigenvalue weighted by Gasteiger charge is -2.03. The van der Waals surface area contributed by atoms with Crippen molar-refractivity contribution in [3.63, 3.8) is 0 Å².